The van der Waals surface area contributed by atoms with E-state index in [2.05, 4.69) is 39.4 Å². The Kier molecular flexibility index (Phi) is 6.01. The molecular weight excluding hydrogens is 394 g/mol. The molecule has 3 nitrogen and oxygen atoms in total. The van der Waals surface area contributed by atoms with Gasteiger partial charge in [-0.2, -0.15) is 0 Å². The van der Waals surface area contributed by atoms with E-state index < -0.39 is 6.67 Å². The summed E-state index contributed by atoms with van der Waals surface area (Å²) in [4.78, 5) is 6.20. The lowest BCUT2D eigenvalue weighted by Crippen LogP contribution is -2.07. The van der Waals surface area contributed by atoms with Crippen molar-refractivity contribution in [3.8, 4) is 17.7 Å². The molecule has 0 radical (unpaired) electrons. The SMILES string of the molecule is CN(C)c1ccc(C#Cc2cnc(OCCF)c(I)c2)cc1. The first-order valence-corrected chi connectivity index (χ1v) is 7.82. The molecule has 2 aromatic rings. The highest BCUT2D eigenvalue weighted by Gasteiger charge is 2.03. The number of anilines is 1. The Morgan fingerprint density at radius 1 is 1.18 bits per heavy atom. The van der Waals surface area contributed by atoms with Gasteiger partial charge in [-0.25, -0.2) is 9.37 Å². The smallest absolute Gasteiger partial charge is 0.227 e. The summed E-state index contributed by atoms with van der Waals surface area (Å²) in [7, 11) is 4.00. The van der Waals surface area contributed by atoms with Gasteiger partial charge in [0.1, 0.15) is 13.3 Å². The highest BCUT2D eigenvalue weighted by atomic mass is 127. The number of ether oxygens (including phenoxy) is 1. The fourth-order valence-corrected chi connectivity index (χ4v) is 2.35. The molecule has 0 saturated carbocycles. The predicted octanol–water partition coefficient (Wildman–Crippen LogP) is 3.50. The van der Waals surface area contributed by atoms with Crippen molar-refractivity contribution in [2.24, 2.45) is 0 Å². The molecule has 0 spiro atoms. The largest absolute Gasteiger partial charge is 0.474 e. The molecule has 0 aliphatic rings. The summed E-state index contributed by atoms with van der Waals surface area (Å²) in [5.41, 5.74) is 2.88. The summed E-state index contributed by atoms with van der Waals surface area (Å²) in [5.74, 6) is 6.62. The molecule has 2 rings (SSSR count). The molecule has 114 valence electrons. The van der Waals surface area contributed by atoms with Gasteiger partial charge in [0.15, 0.2) is 0 Å². The van der Waals surface area contributed by atoms with E-state index >= 15 is 0 Å². The van der Waals surface area contributed by atoms with Crippen LogP contribution in [0.15, 0.2) is 36.5 Å². The number of pyridine rings is 1. The third-order valence-electron chi connectivity index (χ3n) is 2.86. The van der Waals surface area contributed by atoms with Crippen molar-refractivity contribution in [2.45, 2.75) is 0 Å². The summed E-state index contributed by atoms with van der Waals surface area (Å²) < 4.78 is 18.1. The van der Waals surface area contributed by atoms with Crippen molar-refractivity contribution < 1.29 is 9.13 Å². The summed E-state index contributed by atoms with van der Waals surface area (Å²) in [6.07, 6.45) is 1.64. The minimum atomic E-state index is -0.526. The number of rotatable bonds is 4. The molecule has 5 heteroatoms. The van der Waals surface area contributed by atoms with Crippen LogP contribution >= 0.6 is 22.6 Å². The fourth-order valence-electron chi connectivity index (χ4n) is 1.72. The topological polar surface area (TPSA) is 25.4 Å². The zero-order chi connectivity index (χ0) is 15.9. The fraction of sp³-hybridized carbons (Fsp3) is 0.235. The van der Waals surface area contributed by atoms with Gasteiger partial charge < -0.3 is 9.64 Å². The maximum absolute atomic E-state index is 12.1. The van der Waals surface area contributed by atoms with E-state index in [1.54, 1.807) is 6.20 Å². The van der Waals surface area contributed by atoms with Gasteiger partial charge in [-0.05, 0) is 52.9 Å². The lowest BCUT2D eigenvalue weighted by atomic mass is 10.2. The number of aromatic nitrogens is 1. The van der Waals surface area contributed by atoms with E-state index in [1.165, 1.54) is 0 Å². The van der Waals surface area contributed by atoms with Crippen LogP contribution in [0, 0.1) is 15.4 Å². The predicted molar refractivity (Wildman–Crippen MR) is 95.2 cm³/mol. The second-order valence-electron chi connectivity index (χ2n) is 4.74. The number of hydrogen-bond acceptors (Lipinski definition) is 3. The monoisotopic (exact) mass is 410 g/mol. The molecule has 0 atom stereocenters. The van der Waals surface area contributed by atoms with Gasteiger partial charge in [0.25, 0.3) is 0 Å². The standard InChI is InChI=1S/C17H16FIN2O/c1-21(2)15-7-5-13(6-8-15)3-4-14-11-16(19)17(20-12-14)22-10-9-18/h5-8,11-12H,9-10H2,1-2H3. The average Bonchev–Trinajstić information content (AvgIpc) is 2.52. The maximum atomic E-state index is 12.1. The molecule has 0 unspecified atom stereocenters. The Balaban J connectivity index is 2.12. The summed E-state index contributed by atoms with van der Waals surface area (Å²) in [5, 5.41) is 0. The molecule has 0 aliphatic heterocycles. The number of nitrogens with zero attached hydrogens (tertiary/aromatic N) is 2. The molecule has 1 aromatic heterocycles. The Bertz CT molecular complexity index is 690. The van der Waals surface area contributed by atoms with Gasteiger partial charge in [-0.1, -0.05) is 11.8 Å². The van der Waals surface area contributed by atoms with E-state index in [-0.39, 0.29) is 6.61 Å². The first-order valence-electron chi connectivity index (χ1n) is 6.74. The molecule has 0 amide bonds. The van der Waals surface area contributed by atoms with Crippen LogP contribution < -0.4 is 9.64 Å². The lowest BCUT2D eigenvalue weighted by molar-refractivity contribution is 0.262. The van der Waals surface area contributed by atoms with Crippen LogP contribution in [0.4, 0.5) is 10.1 Å². The van der Waals surface area contributed by atoms with Crippen LogP contribution in [-0.2, 0) is 0 Å². The maximum Gasteiger partial charge on any atom is 0.227 e. The van der Waals surface area contributed by atoms with Gasteiger partial charge in [0, 0.05) is 37.1 Å². The molecular formula is C17H16FIN2O. The number of hydrogen-bond donors (Lipinski definition) is 0. The van der Waals surface area contributed by atoms with Crippen LogP contribution in [0.5, 0.6) is 5.88 Å². The Hall–Kier alpha value is -1.81. The molecule has 0 N–H and O–H groups in total. The van der Waals surface area contributed by atoms with Crippen molar-refractivity contribution in [3.63, 3.8) is 0 Å². The molecule has 0 aliphatic carbocycles. The number of halogens is 2. The molecule has 0 bridgehead atoms. The number of benzene rings is 1. The lowest BCUT2D eigenvalue weighted by Gasteiger charge is -2.11. The van der Waals surface area contributed by atoms with Gasteiger partial charge in [0.05, 0.1) is 3.57 Å². The summed E-state index contributed by atoms with van der Waals surface area (Å²) in [6.45, 7) is -0.505. The van der Waals surface area contributed by atoms with E-state index in [1.807, 2.05) is 49.3 Å². The van der Waals surface area contributed by atoms with Gasteiger partial charge in [0.2, 0.25) is 5.88 Å². The Labute approximate surface area is 143 Å². The van der Waals surface area contributed by atoms with Crippen molar-refractivity contribution in [2.75, 3.05) is 32.3 Å². The van der Waals surface area contributed by atoms with Crippen molar-refractivity contribution in [3.05, 3.63) is 51.2 Å². The average molecular weight is 410 g/mol. The molecule has 0 fully saturated rings. The molecule has 0 saturated heterocycles. The molecule has 1 heterocycles. The van der Waals surface area contributed by atoms with E-state index in [0.717, 1.165) is 20.4 Å². The third kappa shape index (κ3) is 4.60. The Morgan fingerprint density at radius 2 is 1.86 bits per heavy atom. The molecule has 22 heavy (non-hydrogen) atoms. The van der Waals surface area contributed by atoms with Crippen LogP contribution in [0.25, 0.3) is 0 Å². The van der Waals surface area contributed by atoms with Crippen LogP contribution in [0.2, 0.25) is 0 Å². The summed E-state index contributed by atoms with van der Waals surface area (Å²) in [6, 6.07) is 9.90. The van der Waals surface area contributed by atoms with Crippen molar-refractivity contribution in [1.82, 2.24) is 4.98 Å². The van der Waals surface area contributed by atoms with Crippen molar-refractivity contribution >= 4 is 28.3 Å². The van der Waals surface area contributed by atoms with Crippen LogP contribution in [0.1, 0.15) is 11.1 Å². The minimum absolute atomic E-state index is 0.0201. The van der Waals surface area contributed by atoms with Crippen LogP contribution in [-0.4, -0.2) is 32.4 Å². The van der Waals surface area contributed by atoms with E-state index in [4.69, 9.17) is 4.74 Å². The highest BCUT2D eigenvalue weighted by molar-refractivity contribution is 14.1. The van der Waals surface area contributed by atoms with E-state index in [9.17, 15) is 4.39 Å². The van der Waals surface area contributed by atoms with Crippen LogP contribution in [0.3, 0.4) is 0 Å². The second-order valence-corrected chi connectivity index (χ2v) is 5.90. The first kappa shape index (κ1) is 16.6. The van der Waals surface area contributed by atoms with Gasteiger partial charge in [-0.15, -0.1) is 0 Å². The van der Waals surface area contributed by atoms with E-state index in [0.29, 0.717) is 5.88 Å². The minimum Gasteiger partial charge on any atom is -0.474 e. The van der Waals surface area contributed by atoms with Gasteiger partial charge in [-0.3, -0.25) is 0 Å². The zero-order valence-electron chi connectivity index (χ0n) is 12.4. The third-order valence-corrected chi connectivity index (χ3v) is 3.63. The van der Waals surface area contributed by atoms with Crippen molar-refractivity contribution in [1.29, 1.82) is 0 Å². The Morgan fingerprint density at radius 3 is 2.45 bits per heavy atom. The normalized spacial score (nSPS) is 9.82. The quantitative estimate of drug-likeness (QED) is 0.570. The highest BCUT2D eigenvalue weighted by Crippen LogP contribution is 2.18. The first-order chi connectivity index (χ1) is 10.6. The zero-order valence-corrected chi connectivity index (χ0v) is 14.6. The molecule has 1 aromatic carbocycles. The number of alkyl halides is 1. The second kappa shape index (κ2) is 7.99. The van der Waals surface area contributed by atoms with Gasteiger partial charge >= 0.3 is 0 Å². The summed E-state index contributed by atoms with van der Waals surface area (Å²) >= 11 is 2.11.